The van der Waals surface area contributed by atoms with Crippen molar-refractivity contribution in [3.05, 3.63) is 28.2 Å². The van der Waals surface area contributed by atoms with E-state index in [1.54, 1.807) is 14.0 Å². The van der Waals surface area contributed by atoms with Crippen molar-refractivity contribution in [2.24, 2.45) is 0 Å². The standard InChI is InChI=1S/C14H19BrN2O2/c1-11(18)12-4-5-14(13(15)10-12)17(7-3-6-16)8-9-19-2/h4-5,10-11,18H,3,7-9H2,1-2H3/t11-/m0/s1. The van der Waals surface area contributed by atoms with Gasteiger partial charge in [-0.05, 0) is 40.5 Å². The molecular weight excluding hydrogens is 308 g/mol. The summed E-state index contributed by atoms with van der Waals surface area (Å²) in [5.74, 6) is 0. The Morgan fingerprint density at radius 1 is 1.47 bits per heavy atom. The highest BCUT2D eigenvalue weighted by atomic mass is 79.9. The largest absolute Gasteiger partial charge is 0.389 e. The van der Waals surface area contributed by atoms with Crippen LogP contribution in [0.5, 0.6) is 0 Å². The number of anilines is 1. The summed E-state index contributed by atoms with van der Waals surface area (Å²) < 4.78 is 6.01. The Kier molecular flexibility index (Phi) is 6.85. The summed E-state index contributed by atoms with van der Waals surface area (Å²) in [6.07, 6.45) is -0.0224. The minimum absolute atomic E-state index is 0.467. The number of aliphatic hydroxyl groups is 1. The fraction of sp³-hybridized carbons (Fsp3) is 0.500. The summed E-state index contributed by atoms with van der Waals surface area (Å²) in [4.78, 5) is 2.10. The van der Waals surface area contributed by atoms with Gasteiger partial charge < -0.3 is 14.7 Å². The van der Waals surface area contributed by atoms with Gasteiger partial charge in [0.25, 0.3) is 0 Å². The smallest absolute Gasteiger partial charge is 0.0762 e. The molecule has 1 N–H and O–H groups in total. The molecular formula is C14H19BrN2O2. The molecule has 0 saturated heterocycles. The van der Waals surface area contributed by atoms with Gasteiger partial charge in [-0.3, -0.25) is 0 Å². The first-order chi connectivity index (χ1) is 9.10. The first-order valence-electron chi connectivity index (χ1n) is 6.18. The number of nitrogens with zero attached hydrogens (tertiary/aromatic N) is 2. The first kappa shape index (κ1) is 16.0. The number of nitriles is 1. The normalized spacial score (nSPS) is 11.9. The fourth-order valence-electron chi connectivity index (χ4n) is 1.78. The Bertz CT molecular complexity index is 444. The SMILES string of the molecule is COCCN(CCC#N)c1ccc([C@H](C)O)cc1Br. The Balaban J connectivity index is 2.91. The van der Waals surface area contributed by atoms with Crippen LogP contribution in [0.1, 0.15) is 25.0 Å². The maximum absolute atomic E-state index is 9.56. The predicted molar refractivity (Wildman–Crippen MR) is 79.1 cm³/mol. The quantitative estimate of drug-likeness (QED) is 0.837. The van der Waals surface area contributed by atoms with Crippen molar-refractivity contribution < 1.29 is 9.84 Å². The third-order valence-corrected chi connectivity index (χ3v) is 3.49. The zero-order valence-corrected chi connectivity index (χ0v) is 12.9. The molecule has 4 nitrogen and oxygen atoms in total. The molecule has 0 aliphatic carbocycles. The van der Waals surface area contributed by atoms with Gasteiger partial charge in [0, 0.05) is 24.7 Å². The molecule has 19 heavy (non-hydrogen) atoms. The highest BCUT2D eigenvalue weighted by Crippen LogP contribution is 2.29. The van der Waals surface area contributed by atoms with Crippen LogP contribution in [0.25, 0.3) is 0 Å². The van der Waals surface area contributed by atoms with Crippen LogP contribution in [0.3, 0.4) is 0 Å². The van der Waals surface area contributed by atoms with E-state index in [-0.39, 0.29) is 0 Å². The molecule has 0 saturated carbocycles. The zero-order valence-electron chi connectivity index (χ0n) is 11.3. The molecule has 0 heterocycles. The molecule has 0 unspecified atom stereocenters. The van der Waals surface area contributed by atoms with E-state index < -0.39 is 6.10 Å². The van der Waals surface area contributed by atoms with Gasteiger partial charge >= 0.3 is 0 Å². The number of methoxy groups -OCH3 is 1. The van der Waals surface area contributed by atoms with E-state index in [2.05, 4.69) is 26.9 Å². The van der Waals surface area contributed by atoms with Gasteiger partial charge in [-0.25, -0.2) is 0 Å². The van der Waals surface area contributed by atoms with E-state index >= 15 is 0 Å². The second-order valence-electron chi connectivity index (χ2n) is 4.27. The van der Waals surface area contributed by atoms with E-state index in [1.807, 2.05) is 18.2 Å². The zero-order chi connectivity index (χ0) is 14.3. The number of aliphatic hydroxyl groups excluding tert-OH is 1. The molecule has 1 atom stereocenters. The summed E-state index contributed by atoms with van der Waals surface area (Å²) in [6.45, 7) is 3.73. The third-order valence-electron chi connectivity index (χ3n) is 2.85. The van der Waals surface area contributed by atoms with Crippen LogP contribution in [0.2, 0.25) is 0 Å². The molecule has 0 aliphatic rings. The van der Waals surface area contributed by atoms with Gasteiger partial charge in [0.15, 0.2) is 0 Å². The van der Waals surface area contributed by atoms with Crippen molar-refractivity contribution in [1.82, 2.24) is 0 Å². The summed E-state index contributed by atoms with van der Waals surface area (Å²) in [5.41, 5.74) is 1.87. The Morgan fingerprint density at radius 3 is 2.74 bits per heavy atom. The fourth-order valence-corrected chi connectivity index (χ4v) is 2.43. The van der Waals surface area contributed by atoms with E-state index in [0.29, 0.717) is 19.6 Å². The van der Waals surface area contributed by atoms with Crippen LogP contribution in [0.4, 0.5) is 5.69 Å². The van der Waals surface area contributed by atoms with Crippen molar-refractivity contribution in [3.63, 3.8) is 0 Å². The molecule has 0 amide bonds. The van der Waals surface area contributed by atoms with Crippen LogP contribution in [0.15, 0.2) is 22.7 Å². The lowest BCUT2D eigenvalue weighted by atomic mass is 10.1. The topological polar surface area (TPSA) is 56.5 Å². The highest BCUT2D eigenvalue weighted by Gasteiger charge is 2.11. The average Bonchev–Trinajstić information content (AvgIpc) is 2.39. The maximum Gasteiger partial charge on any atom is 0.0762 e. The average molecular weight is 327 g/mol. The second kappa shape index (κ2) is 8.16. The van der Waals surface area contributed by atoms with Crippen molar-refractivity contribution in [1.29, 1.82) is 5.26 Å². The minimum Gasteiger partial charge on any atom is -0.389 e. The van der Waals surface area contributed by atoms with Gasteiger partial charge in [-0.1, -0.05) is 6.07 Å². The molecule has 1 aromatic rings. The molecule has 1 rings (SSSR count). The molecule has 1 aromatic carbocycles. The van der Waals surface area contributed by atoms with Crippen LogP contribution < -0.4 is 4.90 Å². The van der Waals surface area contributed by atoms with Gasteiger partial charge in [0.05, 0.1) is 30.9 Å². The highest BCUT2D eigenvalue weighted by molar-refractivity contribution is 9.10. The van der Waals surface area contributed by atoms with Crippen LogP contribution in [-0.2, 0) is 4.74 Å². The molecule has 0 aromatic heterocycles. The van der Waals surface area contributed by atoms with Crippen LogP contribution in [-0.4, -0.2) is 31.9 Å². The number of benzene rings is 1. The van der Waals surface area contributed by atoms with Crippen LogP contribution >= 0.6 is 15.9 Å². The summed E-state index contributed by atoms with van der Waals surface area (Å²) in [7, 11) is 1.66. The molecule has 0 spiro atoms. The lowest BCUT2D eigenvalue weighted by molar-refractivity contribution is 0.199. The van der Waals surface area contributed by atoms with E-state index in [9.17, 15) is 5.11 Å². The molecule has 0 aliphatic heterocycles. The molecule has 104 valence electrons. The van der Waals surface area contributed by atoms with Gasteiger partial charge in [0.2, 0.25) is 0 Å². The first-order valence-corrected chi connectivity index (χ1v) is 6.97. The monoisotopic (exact) mass is 326 g/mol. The van der Waals surface area contributed by atoms with Gasteiger partial charge in [-0.15, -0.1) is 0 Å². The maximum atomic E-state index is 9.56. The van der Waals surface area contributed by atoms with Gasteiger partial charge in [0.1, 0.15) is 0 Å². The molecule has 5 heteroatoms. The predicted octanol–water partition coefficient (Wildman–Crippen LogP) is 2.87. The third kappa shape index (κ3) is 4.83. The molecule has 0 bridgehead atoms. The van der Waals surface area contributed by atoms with Gasteiger partial charge in [-0.2, -0.15) is 5.26 Å². The number of halogens is 1. The lowest BCUT2D eigenvalue weighted by Gasteiger charge is -2.25. The van der Waals surface area contributed by atoms with E-state index in [4.69, 9.17) is 10.00 Å². The number of ether oxygens (including phenoxy) is 1. The second-order valence-corrected chi connectivity index (χ2v) is 5.13. The molecule has 0 radical (unpaired) electrons. The lowest BCUT2D eigenvalue weighted by Crippen LogP contribution is -2.28. The molecule has 0 fully saturated rings. The van der Waals surface area contributed by atoms with Crippen LogP contribution in [0, 0.1) is 11.3 Å². The van der Waals surface area contributed by atoms with Crippen molar-refractivity contribution in [3.8, 4) is 6.07 Å². The summed E-state index contributed by atoms with van der Waals surface area (Å²) in [5, 5.41) is 18.3. The van der Waals surface area contributed by atoms with E-state index in [1.165, 1.54) is 0 Å². The van der Waals surface area contributed by atoms with E-state index in [0.717, 1.165) is 22.3 Å². The summed E-state index contributed by atoms with van der Waals surface area (Å²) >= 11 is 3.52. The Labute approximate surface area is 122 Å². The van der Waals surface area contributed by atoms with Crippen molar-refractivity contribution in [2.75, 3.05) is 31.7 Å². The Morgan fingerprint density at radius 2 is 2.21 bits per heavy atom. The number of hydrogen-bond acceptors (Lipinski definition) is 4. The Hall–Kier alpha value is -1.09. The number of hydrogen-bond donors (Lipinski definition) is 1. The van der Waals surface area contributed by atoms with Crippen molar-refractivity contribution >= 4 is 21.6 Å². The summed E-state index contributed by atoms with van der Waals surface area (Å²) in [6, 6.07) is 7.92. The number of rotatable bonds is 7. The minimum atomic E-state index is -0.489. The van der Waals surface area contributed by atoms with Crippen molar-refractivity contribution in [2.45, 2.75) is 19.4 Å².